The van der Waals surface area contributed by atoms with Gasteiger partial charge in [-0.15, -0.1) is 0 Å². The first-order valence-electron chi connectivity index (χ1n) is 9.85. The molecule has 0 fully saturated rings. The summed E-state index contributed by atoms with van der Waals surface area (Å²) >= 11 is 0. The number of rotatable bonds is 15. The van der Waals surface area contributed by atoms with Crippen molar-refractivity contribution in [2.24, 2.45) is 5.41 Å². The van der Waals surface area contributed by atoms with Crippen LogP contribution in [0.5, 0.6) is 0 Å². The second-order valence-corrected chi connectivity index (χ2v) is 8.60. The fourth-order valence-electron chi connectivity index (χ4n) is 2.14. The van der Waals surface area contributed by atoms with Gasteiger partial charge in [0.25, 0.3) is 0 Å². The monoisotopic (exact) mass is 390 g/mol. The number of amides is 1. The van der Waals surface area contributed by atoms with Crippen LogP contribution < -0.4 is 5.32 Å². The van der Waals surface area contributed by atoms with Gasteiger partial charge >= 0.3 is 0 Å². The van der Waals surface area contributed by atoms with Gasteiger partial charge in [0.15, 0.2) is 0 Å². The molecule has 162 valence electrons. The van der Waals surface area contributed by atoms with Gasteiger partial charge in [0.1, 0.15) is 0 Å². The van der Waals surface area contributed by atoms with Crippen molar-refractivity contribution in [2.45, 2.75) is 47.1 Å². The average molecular weight is 391 g/mol. The fraction of sp³-hybridized carbons (Fsp3) is 0.950. The molecule has 0 bridgehead atoms. The molecule has 0 rings (SSSR count). The van der Waals surface area contributed by atoms with Gasteiger partial charge in [-0.1, -0.05) is 20.8 Å². The van der Waals surface area contributed by atoms with E-state index in [0.717, 1.165) is 6.54 Å². The maximum atomic E-state index is 12.0. The highest BCUT2D eigenvalue weighted by Crippen LogP contribution is 2.15. The smallest absolute Gasteiger partial charge is 0.227 e. The van der Waals surface area contributed by atoms with Gasteiger partial charge < -0.3 is 29.2 Å². The minimum absolute atomic E-state index is 0.119. The first-order chi connectivity index (χ1) is 12.5. The Hall–Kier alpha value is -0.730. The number of hydrogen-bond donors (Lipinski definition) is 1. The SMILES string of the molecule is CN(CCOCCOCCOCCOCCNC(C)(C)C)C(=O)C(C)(C)C. The third-order valence-electron chi connectivity index (χ3n) is 3.58. The molecule has 7 heteroatoms. The van der Waals surface area contributed by atoms with Gasteiger partial charge in [0, 0.05) is 31.1 Å². The lowest BCUT2D eigenvalue weighted by molar-refractivity contribution is -0.138. The van der Waals surface area contributed by atoms with Crippen LogP contribution in [0.3, 0.4) is 0 Å². The highest BCUT2D eigenvalue weighted by atomic mass is 16.6. The Kier molecular flexibility index (Phi) is 13.9. The Morgan fingerprint density at radius 1 is 0.741 bits per heavy atom. The standard InChI is InChI=1S/C20H42N2O5/c1-19(2,3)18(23)22(7)9-11-25-13-15-27-17-16-26-14-12-24-10-8-21-20(4,5)6/h21H,8-17H2,1-7H3. The summed E-state index contributed by atoms with van der Waals surface area (Å²) in [6.45, 7) is 18.1. The minimum atomic E-state index is -0.355. The molecule has 0 aliphatic carbocycles. The van der Waals surface area contributed by atoms with Crippen molar-refractivity contribution in [1.82, 2.24) is 10.2 Å². The molecular weight excluding hydrogens is 348 g/mol. The number of carbonyl (C=O) groups excluding carboxylic acids is 1. The van der Waals surface area contributed by atoms with E-state index in [1.54, 1.807) is 11.9 Å². The van der Waals surface area contributed by atoms with Crippen molar-refractivity contribution in [3.63, 3.8) is 0 Å². The number of ether oxygens (including phenoxy) is 4. The van der Waals surface area contributed by atoms with Crippen molar-refractivity contribution < 1.29 is 23.7 Å². The maximum absolute atomic E-state index is 12.0. The van der Waals surface area contributed by atoms with Crippen LogP contribution in [-0.4, -0.2) is 89.3 Å². The molecule has 1 N–H and O–H groups in total. The average Bonchev–Trinajstić information content (AvgIpc) is 2.55. The highest BCUT2D eigenvalue weighted by Gasteiger charge is 2.24. The van der Waals surface area contributed by atoms with Gasteiger partial charge in [0.2, 0.25) is 5.91 Å². The van der Waals surface area contributed by atoms with E-state index in [-0.39, 0.29) is 16.9 Å². The van der Waals surface area contributed by atoms with Gasteiger partial charge in [0.05, 0.1) is 52.9 Å². The van der Waals surface area contributed by atoms with E-state index in [9.17, 15) is 4.79 Å². The van der Waals surface area contributed by atoms with E-state index in [4.69, 9.17) is 18.9 Å². The van der Waals surface area contributed by atoms with Crippen LogP contribution in [-0.2, 0) is 23.7 Å². The molecule has 0 aromatic rings. The summed E-state index contributed by atoms with van der Waals surface area (Å²) in [5, 5.41) is 3.36. The predicted octanol–water partition coefficient (Wildman–Crippen LogP) is 1.95. The van der Waals surface area contributed by atoms with Crippen LogP contribution >= 0.6 is 0 Å². The molecule has 0 saturated heterocycles. The van der Waals surface area contributed by atoms with Gasteiger partial charge in [-0.2, -0.15) is 0 Å². The van der Waals surface area contributed by atoms with Crippen LogP contribution in [0.25, 0.3) is 0 Å². The summed E-state index contributed by atoms with van der Waals surface area (Å²) in [6, 6.07) is 0. The molecule has 0 aliphatic heterocycles. The Morgan fingerprint density at radius 3 is 1.56 bits per heavy atom. The molecule has 0 aromatic heterocycles. The van der Waals surface area contributed by atoms with Gasteiger partial charge in [-0.05, 0) is 20.8 Å². The second kappa shape index (κ2) is 14.3. The Labute approximate surface area is 166 Å². The molecule has 0 atom stereocenters. The van der Waals surface area contributed by atoms with Crippen LogP contribution in [0.1, 0.15) is 41.5 Å². The van der Waals surface area contributed by atoms with Crippen molar-refractivity contribution in [3.8, 4) is 0 Å². The third-order valence-corrected chi connectivity index (χ3v) is 3.58. The van der Waals surface area contributed by atoms with Crippen LogP contribution in [0.2, 0.25) is 0 Å². The molecule has 0 unspecified atom stereocenters. The van der Waals surface area contributed by atoms with Crippen molar-refractivity contribution >= 4 is 5.91 Å². The van der Waals surface area contributed by atoms with Crippen molar-refractivity contribution in [2.75, 3.05) is 73.0 Å². The molecule has 0 spiro atoms. The number of hydrogen-bond acceptors (Lipinski definition) is 6. The number of nitrogens with one attached hydrogen (secondary N) is 1. The van der Waals surface area contributed by atoms with Crippen LogP contribution in [0.4, 0.5) is 0 Å². The van der Waals surface area contributed by atoms with E-state index in [1.165, 1.54) is 0 Å². The van der Waals surface area contributed by atoms with E-state index >= 15 is 0 Å². The summed E-state index contributed by atoms with van der Waals surface area (Å²) < 4.78 is 21.9. The summed E-state index contributed by atoms with van der Waals surface area (Å²) in [7, 11) is 1.80. The molecule has 0 aliphatic rings. The lowest BCUT2D eigenvalue weighted by Gasteiger charge is -2.25. The lowest BCUT2D eigenvalue weighted by atomic mass is 9.95. The van der Waals surface area contributed by atoms with Crippen molar-refractivity contribution in [1.29, 1.82) is 0 Å². The molecule has 0 aromatic carbocycles. The Bertz CT molecular complexity index is 378. The normalized spacial score (nSPS) is 12.4. The number of likely N-dealkylation sites (N-methyl/N-ethyl adjacent to an activating group) is 1. The Balaban J connectivity index is 3.29. The largest absolute Gasteiger partial charge is 0.378 e. The quantitative estimate of drug-likeness (QED) is 0.431. The topological polar surface area (TPSA) is 69.3 Å². The molecular formula is C20H42N2O5. The van der Waals surface area contributed by atoms with Crippen LogP contribution in [0, 0.1) is 5.41 Å². The summed E-state index contributed by atoms with van der Waals surface area (Å²) in [5.41, 5.74) is -0.229. The van der Waals surface area contributed by atoms with E-state index in [1.807, 2.05) is 20.8 Å². The molecule has 0 heterocycles. The fourth-order valence-corrected chi connectivity index (χ4v) is 2.14. The van der Waals surface area contributed by atoms with Crippen molar-refractivity contribution in [3.05, 3.63) is 0 Å². The van der Waals surface area contributed by atoms with E-state index < -0.39 is 0 Å². The molecule has 1 amide bonds. The summed E-state index contributed by atoms with van der Waals surface area (Å²) in [4.78, 5) is 13.7. The van der Waals surface area contributed by atoms with Gasteiger partial charge in [-0.3, -0.25) is 4.79 Å². The highest BCUT2D eigenvalue weighted by molar-refractivity contribution is 5.81. The number of carbonyl (C=O) groups is 1. The molecule has 0 radical (unpaired) electrons. The first-order valence-corrected chi connectivity index (χ1v) is 9.85. The van der Waals surface area contributed by atoms with E-state index in [2.05, 4.69) is 26.1 Å². The molecule has 7 nitrogen and oxygen atoms in total. The first kappa shape index (κ1) is 26.3. The summed E-state index contributed by atoms with van der Waals surface area (Å²) in [6.07, 6.45) is 0. The zero-order valence-corrected chi connectivity index (χ0v) is 18.6. The van der Waals surface area contributed by atoms with Crippen LogP contribution in [0.15, 0.2) is 0 Å². The number of nitrogens with zero attached hydrogens (tertiary/aromatic N) is 1. The predicted molar refractivity (Wildman–Crippen MR) is 108 cm³/mol. The maximum Gasteiger partial charge on any atom is 0.227 e. The minimum Gasteiger partial charge on any atom is -0.378 e. The lowest BCUT2D eigenvalue weighted by Crippen LogP contribution is -2.38. The van der Waals surface area contributed by atoms with Gasteiger partial charge in [-0.25, -0.2) is 0 Å². The van der Waals surface area contributed by atoms with E-state index in [0.29, 0.717) is 59.4 Å². The second-order valence-electron chi connectivity index (χ2n) is 8.60. The molecule has 0 saturated carbocycles. The zero-order valence-electron chi connectivity index (χ0n) is 18.6. The molecule has 27 heavy (non-hydrogen) atoms. The summed E-state index contributed by atoms with van der Waals surface area (Å²) in [5.74, 6) is 0.119. The zero-order chi connectivity index (χ0) is 20.8. The third kappa shape index (κ3) is 17.1. The Morgan fingerprint density at radius 2 is 1.15 bits per heavy atom.